The van der Waals surface area contributed by atoms with Gasteiger partial charge >= 0.3 is 0 Å². The van der Waals surface area contributed by atoms with Crippen LogP contribution in [0.5, 0.6) is 0 Å². The average Bonchev–Trinajstić information content (AvgIpc) is 2.56. The van der Waals surface area contributed by atoms with E-state index in [9.17, 15) is 0 Å². The maximum Gasteiger partial charge on any atom is 0.0148 e. The summed E-state index contributed by atoms with van der Waals surface area (Å²) in [6.07, 6.45) is 9.74. The van der Waals surface area contributed by atoms with E-state index in [2.05, 4.69) is 33.9 Å². The van der Waals surface area contributed by atoms with Gasteiger partial charge in [0, 0.05) is 38.3 Å². The Balaban J connectivity index is 1.41. The Morgan fingerprint density at radius 1 is 0.667 bits per heavy atom. The quantitative estimate of drug-likeness (QED) is 0.788. The predicted octanol–water partition coefficient (Wildman–Crippen LogP) is 1.88. The van der Waals surface area contributed by atoms with Gasteiger partial charge in [0.25, 0.3) is 0 Å². The molecule has 0 unspecified atom stereocenters. The van der Waals surface area contributed by atoms with Crippen molar-refractivity contribution in [3.63, 3.8) is 0 Å². The number of hydrazine groups is 1. The molecule has 0 saturated carbocycles. The minimum absolute atomic E-state index is 0.798. The largest absolute Gasteiger partial charge is 0.306 e. The first-order valence-corrected chi connectivity index (χ1v) is 9.14. The number of hydrogen-bond acceptors (Lipinski definition) is 4. The first-order valence-electron chi connectivity index (χ1n) is 9.14. The number of piperidine rings is 3. The summed E-state index contributed by atoms with van der Waals surface area (Å²) in [6, 6.07) is 1.67. The molecule has 3 saturated heterocycles. The summed E-state index contributed by atoms with van der Waals surface area (Å²) in [5.41, 5.74) is 0. The summed E-state index contributed by atoms with van der Waals surface area (Å²) in [7, 11) is 4.45. The van der Waals surface area contributed by atoms with Crippen LogP contribution < -0.4 is 0 Å². The van der Waals surface area contributed by atoms with E-state index in [0.717, 1.165) is 12.1 Å². The van der Waals surface area contributed by atoms with Crippen LogP contribution in [0.2, 0.25) is 0 Å². The number of nitrogens with zero attached hydrogens (tertiary/aromatic N) is 4. The zero-order chi connectivity index (χ0) is 14.7. The Hall–Kier alpha value is -0.160. The van der Waals surface area contributed by atoms with Crippen LogP contribution >= 0.6 is 0 Å². The van der Waals surface area contributed by atoms with Gasteiger partial charge in [-0.1, -0.05) is 6.42 Å². The maximum absolute atomic E-state index is 2.78. The Morgan fingerprint density at radius 2 is 1.19 bits per heavy atom. The lowest BCUT2D eigenvalue weighted by atomic mass is 10.00. The van der Waals surface area contributed by atoms with Crippen LogP contribution in [0, 0.1) is 0 Å². The predicted molar refractivity (Wildman–Crippen MR) is 88.3 cm³/mol. The molecule has 0 atom stereocenters. The normalized spacial score (nSPS) is 29.3. The molecular weight excluding hydrogens is 260 g/mol. The second-order valence-corrected chi connectivity index (χ2v) is 7.43. The first-order chi connectivity index (χ1) is 10.2. The average molecular weight is 294 g/mol. The van der Waals surface area contributed by atoms with Gasteiger partial charge in [0.2, 0.25) is 0 Å². The molecule has 0 bridgehead atoms. The fourth-order valence-electron chi connectivity index (χ4n) is 4.44. The van der Waals surface area contributed by atoms with Gasteiger partial charge in [0.15, 0.2) is 0 Å². The molecule has 0 aliphatic carbocycles. The minimum atomic E-state index is 0.798. The van der Waals surface area contributed by atoms with Gasteiger partial charge < -0.3 is 9.80 Å². The molecule has 0 radical (unpaired) electrons. The summed E-state index contributed by atoms with van der Waals surface area (Å²) in [6.45, 7) is 7.81. The Morgan fingerprint density at radius 3 is 1.71 bits per heavy atom. The smallest absolute Gasteiger partial charge is 0.0148 e. The monoisotopic (exact) mass is 294 g/mol. The summed E-state index contributed by atoms with van der Waals surface area (Å²) < 4.78 is 0. The van der Waals surface area contributed by atoms with E-state index in [1.165, 1.54) is 84.2 Å². The van der Waals surface area contributed by atoms with E-state index in [4.69, 9.17) is 0 Å². The zero-order valence-electron chi connectivity index (χ0n) is 14.1. The van der Waals surface area contributed by atoms with Crippen molar-refractivity contribution in [2.24, 2.45) is 0 Å². The third-order valence-electron chi connectivity index (χ3n) is 5.92. The molecule has 0 aromatic heterocycles. The van der Waals surface area contributed by atoms with Crippen LogP contribution in [0.15, 0.2) is 0 Å². The fraction of sp³-hybridized carbons (Fsp3) is 1.00. The highest BCUT2D eigenvalue weighted by Crippen LogP contribution is 2.23. The van der Waals surface area contributed by atoms with Crippen LogP contribution in [0.1, 0.15) is 44.9 Å². The van der Waals surface area contributed by atoms with Gasteiger partial charge in [0.1, 0.15) is 0 Å². The highest BCUT2D eigenvalue weighted by molar-refractivity contribution is 4.83. The number of rotatable bonds is 3. The molecular formula is C17H34N4. The molecule has 3 heterocycles. The van der Waals surface area contributed by atoms with E-state index in [-0.39, 0.29) is 0 Å². The van der Waals surface area contributed by atoms with Crippen molar-refractivity contribution in [1.29, 1.82) is 0 Å². The lowest BCUT2D eigenvalue weighted by Crippen LogP contribution is -2.55. The molecule has 3 rings (SSSR count). The van der Waals surface area contributed by atoms with E-state index in [0.29, 0.717) is 0 Å². The molecule has 3 aliphatic heterocycles. The minimum Gasteiger partial charge on any atom is -0.306 e. The van der Waals surface area contributed by atoms with Crippen LogP contribution in [-0.2, 0) is 0 Å². The van der Waals surface area contributed by atoms with Crippen molar-refractivity contribution in [3.8, 4) is 0 Å². The second-order valence-electron chi connectivity index (χ2n) is 7.43. The van der Waals surface area contributed by atoms with Crippen molar-refractivity contribution >= 4 is 0 Å². The third-order valence-corrected chi connectivity index (χ3v) is 5.92. The summed E-state index contributed by atoms with van der Waals surface area (Å²) in [5, 5.41) is 5.30. The molecule has 0 spiro atoms. The molecule has 0 amide bonds. The summed E-state index contributed by atoms with van der Waals surface area (Å²) in [5.74, 6) is 0. The van der Waals surface area contributed by atoms with Gasteiger partial charge in [-0.05, 0) is 65.7 Å². The first kappa shape index (κ1) is 15.7. The summed E-state index contributed by atoms with van der Waals surface area (Å²) >= 11 is 0. The third kappa shape index (κ3) is 3.98. The topological polar surface area (TPSA) is 13.0 Å². The molecule has 0 aromatic rings. The molecule has 0 aromatic carbocycles. The molecule has 122 valence electrons. The Bertz CT molecular complexity index is 298. The molecule has 0 N–H and O–H groups in total. The van der Waals surface area contributed by atoms with Crippen LogP contribution in [0.3, 0.4) is 0 Å². The number of likely N-dealkylation sites (tertiary alicyclic amines) is 1. The molecule has 21 heavy (non-hydrogen) atoms. The molecule has 3 fully saturated rings. The van der Waals surface area contributed by atoms with E-state index < -0.39 is 0 Å². The van der Waals surface area contributed by atoms with Crippen LogP contribution in [0.25, 0.3) is 0 Å². The summed E-state index contributed by atoms with van der Waals surface area (Å²) in [4.78, 5) is 5.18. The second kappa shape index (κ2) is 7.40. The standard InChI is InChI=1S/C17H34N4/c1-18(2)16-6-12-20(13-7-16)21-14-8-17(9-15-21)19-10-4-3-5-11-19/h16-17H,3-15H2,1-2H3. The van der Waals surface area contributed by atoms with Gasteiger partial charge in [-0.2, -0.15) is 0 Å². The zero-order valence-corrected chi connectivity index (χ0v) is 14.1. The highest BCUT2D eigenvalue weighted by atomic mass is 15.6. The molecule has 3 aliphatic rings. The van der Waals surface area contributed by atoms with Crippen molar-refractivity contribution in [2.45, 2.75) is 57.0 Å². The van der Waals surface area contributed by atoms with Gasteiger partial charge in [-0.3, -0.25) is 0 Å². The van der Waals surface area contributed by atoms with Gasteiger partial charge in [-0.25, -0.2) is 10.0 Å². The van der Waals surface area contributed by atoms with Crippen molar-refractivity contribution < 1.29 is 0 Å². The van der Waals surface area contributed by atoms with Gasteiger partial charge in [0.05, 0.1) is 0 Å². The number of hydrogen-bond donors (Lipinski definition) is 0. The Labute approximate surface area is 131 Å². The van der Waals surface area contributed by atoms with E-state index in [1.807, 2.05) is 0 Å². The Kier molecular flexibility index (Phi) is 5.54. The van der Waals surface area contributed by atoms with Crippen LogP contribution in [-0.4, -0.2) is 85.3 Å². The van der Waals surface area contributed by atoms with Crippen molar-refractivity contribution in [2.75, 3.05) is 53.4 Å². The van der Waals surface area contributed by atoms with E-state index in [1.54, 1.807) is 0 Å². The fourth-order valence-corrected chi connectivity index (χ4v) is 4.44. The molecule has 4 heteroatoms. The van der Waals surface area contributed by atoms with Gasteiger partial charge in [-0.15, -0.1) is 0 Å². The lowest BCUT2D eigenvalue weighted by Gasteiger charge is -2.46. The van der Waals surface area contributed by atoms with Crippen molar-refractivity contribution in [3.05, 3.63) is 0 Å². The van der Waals surface area contributed by atoms with Crippen molar-refractivity contribution in [1.82, 2.24) is 19.8 Å². The SMILES string of the molecule is CN(C)C1CCN(N2CCC(N3CCCCC3)CC2)CC1. The maximum atomic E-state index is 2.78. The lowest BCUT2D eigenvalue weighted by molar-refractivity contribution is -0.0772. The molecule has 4 nitrogen and oxygen atoms in total. The van der Waals surface area contributed by atoms with Crippen LogP contribution in [0.4, 0.5) is 0 Å². The highest BCUT2D eigenvalue weighted by Gasteiger charge is 2.30. The van der Waals surface area contributed by atoms with E-state index >= 15 is 0 Å².